The highest BCUT2D eigenvalue weighted by Gasteiger charge is 2.30. The van der Waals surface area contributed by atoms with Gasteiger partial charge >= 0.3 is 0 Å². The lowest BCUT2D eigenvalue weighted by atomic mass is 9.71. The third-order valence-electron chi connectivity index (χ3n) is 5.01. The first kappa shape index (κ1) is 14.5. The summed E-state index contributed by atoms with van der Waals surface area (Å²) in [5, 5.41) is 6.23. The Bertz CT molecular complexity index is 586. The predicted octanol–water partition coefficient (Wildman–Crippen LogP) is 4.36. The number of pyridine rings is 1. The van der Waals surface area contributed by atoms with Crippen LogP contribution in [0, 0.1) is 11.8 Å². The lowest BCUT2D eigenvalue weighted by Crippen LogP contribution is -2.31. The normalized spacial score (nSPS) is 26.1. The minimum absolute atomic E-state index is 0.645. The molecular weight excluding hydrogens is 256 g/mol. The van der Waals surface area contributed by atoms with Crippen molar-refractivity contribution < 1.29 is 0 Å². The Morgan fingerprint density at radius 1 is 1.19 bits per heavy atom. The second kappa shape index (κ2) is 6.57. The molecule has 0 amide bonds. The predicted molar refractivity (Wildman–Crippen MR) is 89.5 cm³/mol. The molecule has 1 aliphatic rings. The molecule has 0 spiro atoms. The van der Waals surface area contributed by atoms with E-state index in [0.717, 1.165) is 24.9 Å². The molecule has 0 aliphatic heterocycles. The van der Waals surface area contributed by atoms with E-state index in [1.165, 1.54) is 35.6 Å². The van der Waals surface area contributed by atoms with Gasteiger partial charge in [-0.25, -0.2) is 0 Å². The van der Waals surface area contributed by atoms with Gasteiger partial charge in [0.15, 0.2) is 0 Å². The molecule has 3 rings (SSSR count). The summed E-state index contributed by atoms with van der Waals surface area (Å²) in [6.07, 6.45) is 8.10. The molecular formula is C19H26N2. The second-order valence-electron chi connectivity index (χ2n) is 6.54. The van der Waals surface area contributed by atoms with E-state index in [-0.39, 0.29) is 0 Å². The zero-order chi connectivity index (χ0) is 14.7. The van der Waals surface area contributed by atoms with Crippen molar-refractivity contribution in [1.82, 2.24) is 10.3 Å². The van der Waals surface area contributed by atoms with Crippen LogP contribution in [0.15, 0.2) is 36.7 Å². The maximum Gasteiger partial charge on any atom is 0.0346 e. The minimum Gasteiger partial charge on any atom is -0.317 e. The fourth-order valence-corrected chi connectivity index (χ4v) is 3.83. The van der Waals surface area contributed by atoms with Gasteiger partial charge in [0, 0.05) is 17.8 Å². The summed E-state index contributed by atoms with van der Waals surface area (Å²) >= 11 is 0. The number of hydrogen-bond donors (Lipinski definition) is 1. The topological polar surface area (TPSA) is 24.9 Å². The number of benzene rings is 1. The third-order valence-corrected chi connectivity index (χ3v) is 5.01. The van der Waals surface area contributed by atoms with Crippen molar-refractivity contribution in [2.45, 2.75) is 39.0 Å². The molecule has 0 saturated heterocycles. The molecule has 2 nitrogen and oxygen atoms in total. The van der Waals surface area contributed by atoms with Crippen LogP contribution < -0.4 is 5.32 Å². The zero-order valence-corrected chi connectivity index (χ0v) is 13.2. The molecule has 0 radical (unpaired) electrons. The van der Waals surface area contributed by atoms with Crippen LogP contribution in [0.4, 0.5) is 0 Å². The van der Waals surface area contributed by atoms with Gasteiger partial charge in [-0.05, 0) is 54.6 Å². The maximum atomic E-state index is 4.51. The van der Waals surface area contributed by atoms with Crippen LogP contribution in [0.1, 0.15) is 44.6 Å². The molecule has 1 N–H and O–H groups in total. The number of fused-ring (bicyclic) bond motifs is 1. The molecule has 1 aromatic carbocycles. The average molecular weight is 282 g/mol. The van der Waals surface area contributed by atoms with E-state index in [4.69, 9.17) is 0 Å². The van der Waals surface area contributed by atoms with E-state index in [9.17, 15) is 0 Å². The summed E-state index contributed by atoms with van der Waals surface area (Å²) < 4.78 is 0. The van der Waals surface area contributed by atoms with Crippen LogP contribution in [0.25, 0.3) is 10.8 Å². The molecule has 1 saturated carbocycles. The minimum atomic E-state index is 0.645. The SMILES string of the molecule is CCNCC1CCC(C)CC1c1cncc2ccccc12. The molecule has 3 atom stereocenters. The Labute approximate surface area is 128 Å². The van der Waals surface area contributed by atoms with Crippen molar-refractivity contribution in [2.75, 3.05) is 13.1 Å². The fraction of sp³-hybridized carbons (Fsp3) is 0.526. The first-order valence-corrected chi connectivity index (χ1v) is 8.33. The van der Waals surface area contributed by atoms with Gasteiger partial charge in [-0.2, -0.15) is 0 Å². The first-order chi connectivity index (χ1) is 10.3. The van der Waals surface area contributed by atoms with E-state index in [1.807, 2.05) is 6.20 Å². The molecule has 2 heteroatoms. The number of aromatic nitrogens is 1. The lowest BCUT2D eigenvalue weighted by Gasteiger charge is -2.36. The smallest absolute Gasteiger partial charge is 0.0346 e. The number of hydrogen-bond acceptors (Lipinski definition) is 2. The summed E-state index contributed by atoms with van der Waals surface area (Å²) in [7, 11) is 0. The molecule has 21 heavy (non-hydrogen) atoms. The van der Waals surface area contributed by atoms with Crippen LogP contribution in [0.5, 0.6) is 0 Å². The second-order valence-corrected chi connectivity index (χ2v) is 6.54. The van der Waals surface area contributed by atoms with E-state index < -0.39 is 0 Å². The van der Waals surface area contributed by atoms with Crippen molar-refractivity contribution in [1.29, 1.82) is 0 Å². The standard InChI is InChI=1S/C19H26N2/c1-3-20-11-16-9-8-14(2)10-18(16)19-13-21-12-15-6-4-5-7-17(15)19/h4-7,12-14,16,18,20H,3,8-11H2,1-2H3. The maximum absolute atomic E-state index is 4.51. The van der Waals surface area contributed by atoms with Gasteiger partial charge in [-0.1, -0.05) is 44.5 Å². The van der Waals surface area contributed by atoms with Crippen molar-refractivity contribution >= 4 is 10.8 Å². The molecule has 1 aliphatic carbocycles. The van der Waals surface area contributed by atoms with Crippen molar-refractivity contribution in [3.05, 3.63) is 42.2 Å². The first-order valence-electron chi connectivity index (χ1n) is 8.33. The van der Waals surface area contributed by atoms with E-state index in [2.05, 4.69) is 54.6 Å². The Balaban J connectivity index is 1.96. The average Bonchev–Trinajstić information content (AvgIpc) is 2.53. The molecule has 3 unspecified atom stereocenters. The van der Waals surface area contributed by atoms with Gasteiger partial charge in [0.25, 0.3) is 0 Å². The summed E-state index contributed by atoms with van der Waals surface area (Å²) in [5.41, 5.74) is 1.46. The summed E-state index contributed by atoms with van der Waals surface area (Å²) in [4.78, 5) is 4.51. The molecule has 1 heterocycles. The molecule has 1 fully saturated rings. The van der Waals surface area contributed by atoms with Crippen molar-refractivity contribution in [3.8, 4) is 0 Å². The highest BCUT2D eigenvalue weighted by molar-refractivity contribution is 5.85. The highest BCUT2D eigenvalue weighted by atomic mass is 14.8. The molecule has 1 aromatic heterocycles. The Hall–Kier alpha value is -1.41. The number of nitrogens with zero attached hydrogens (tertiary/aromatic N) is 1. The van der Waals surface area contributed by atoms with Gasteiger partial charge < -0.3 is 5.32 Å². The van der Waals surface area contributed by atoms with E-state index >= 15 is 0 Å². The Morgan fingerprint density at radius 3 is 2.90 bits per heavy atom. The highest BCUT2D eigenvalue weighted by Crippen LogP contribution is 2.42. The van der Waals surface area contributed by atoms with E-state index in [0.29, 0.717) is 5.92 Å². The molecule has 2 aromatic rings. The molecule has 112 valence electrons. The fourth-order valence-electron chi connectivity index (χ4n) is 3.83. The number of rotatable bonds is 4. The van der Waals surface area contributed by atoms with Gasteiger partial charge in [0.2, 0.25) is 0 Å². The largest absolute Gasteiger partial charge is 0.317 e. The van der Waals surface area contributed by atoms with Crippen LogP contribution in [-0.4, -0.2) is 18.1 Å². The van der Waals surface area contributed by atoms with Crippen LogP contribution >= 0.6 is 0 Å². The summed E-state index contributed by atoms with van der Waals surface area (Å²) in [5.74, 6) is 2.21. The van der Waals surface area contributed by atoms with Gasteiger partial charge in [-0.3, -0.25) is 4.98 Å². The zero-order valence-electron chi connectivity index (χ0n) is 13.2. The monoisotopic (exact) mass is 282 g/mol. The quantitative estimate of drug-likeness (QED) is 0.901. The van der Waals surface area contributed by atoms with Crippen LogP contribution in [-0.2, 0) is 0 Å². The van der Waals surface area contributed by atoms with Crippen molar-refractivity contribution in [2.24, 2.45) is 11.8 Å². The Kier molecular flexibility index (Phi) is 4.54. The van der Waals surface area contributed by atoms with Gasteiger partial charge in [0.1, 0.15) is 0 Å². The van der Waals surface area contributed by atoms with E-state index in [1.54, 1.807) is 0 Å². The number of nitrogens with one attached hydrogen (secondary N) is 1. The lowest BCUT2D eigenvalue weighted by molar-refractivity contribution is 0.243. The van der Waals surface area contributed by atoms with Crippen LogP contribution in [0.2, 0.25) is 0 Å². The third kappa shape index (κ3) is 3.11. The van der Waals surface area contributed by atoms with Gasteiger partial charge in [0.05, 0.1) is 0 Å². The summed E-state index contributed by atoms with van der Waals surface area (Å²) in [6, 6.07) is 8.69. The molecule has 0 bridgehead atoms. The summed E-state index contributed by atoms with van der Waals surface area (Å²) in [6.45, 7) is 6.79. The van der Waals surface area contributed by atoms with Crippen LogP contribution in [0.3, 0.4) is 0 Å². The van der Waals surface area contributed by atoms with Crippen molar-refractivity contribution in [3.63, 3.8) is 0 Å². The Morgan fingerprint density at radius 2 is 2.05 bits per heavy atom. The van der Waals surface area contributed by atoms with Gasteiger partial charge in [-0.15, -0.1) is 0 Å².